The van der Waals surface area contributed by atoms with Gasteiger partial charge in [0, 0.05) is 37.4 Å². The lowest BCUT2D eigenvalue weighted by atomic mass is 10.2. The van der Waals surface area contributed by atoms with Crippen LogP contribution < -0.4 is 10.2 Å². The van der Waals surface area contributed by atoms with Crippen molar-refractivity contribution in [2.75, 3.05) is 42.3 Å². The molecule has 1 amide bonds. The Morgan fingerprint density at radius 2 is 1.93 bits per heavy atom. The Kier molecular flexibility index (Phi) is 7.33. The molecule has 28 heavy (non-hydrogen) atoms. The van der Waals surface area contributed by atoms with Crippen LogP contribution in [-0.4, -0.2) is 52.7 Å². The highest BCUT2D eigenvalue weighted by atomic mass is 32.2. The smallest absolute Gasteiger partial charge is 0.234 e. The van der Waals surface area contributed by atoms with Gasteiger partial charge in [0.1, 0.15) is 5.82 Å². The first-order chi connectivity index (χ1) is 13.6. The summed E-state index contributed by atoms with van der Waals surface area (Å²) >= 11 is 1.43. The molecular weight excluding hydrogens is 374 g/mol. The number of aromatic nitrogens is 3. The van der Waals surface area contributed by atoms with E-state index in [1.807, 2.05) is 24.3 Å². The fourth-order valence-corrected chi connectivity index (χ4v) is 3.91. The van der Waals surface area contributed by atoms with Gasteiger partial charge in [-0.25, -0.2) is 0 Å². The summed E-state index contributed by atoms with van der Waals surface area (Å²) in [7, 11) is 0. The van der Waals surface area contributed by atoms with Gasteiger partial charge in [-0.3, -0.25) is 4.79 Å². The van der Waals surface area contributed by atoms with Gasteiger partial charge in [0.2, 0.25) is 5.91 Å². The van der Waals surface area contributed by atoms with E-state index in [2.05, 4.69) is 45.8 Å². The van der Waals surface area contributed by atoms with E-state index in [9.17, 15) is 4.79 Å². The second-order valence-electron chi connectivity index (χ2n) is 7.24. The van der Waals surface area contributed by atoms with E-state index < -0.39 is 0 Å². The molecule has 1 aromatic heterocycles. The molecule has 1 aliphatic rings. The van der Waals surface area contributed by atoms with Gasteiger partial charge in [0.25, 0.3) is 0 Å². The number of aryl methyl sites for hydroxylation is 1. The van der Waals surface area contributed by atoms with Crippen molar-refractivity contribution in [3.8, 4) is 0 Å². The van der Waals surface area contributed by atoms with Crippen LogP contribution >= 0.6 is 11.8 Å². The Morgan fingerprint density at radius 3 is 2.57 bits per heavy atom. The Balaban J connectivity index is 1.54. The van der Waals surface area contributed by atoms with Crippen molar-refractivity contribution in [2.45, 2.75) is 38.9 Å². The molecule has 1 fully saturated rings. The van der Waals surface area contributed by atoms with Crippen molar-refractivity contribution in [1.29, 1.82) is 0 Å². The number of amides is 1. The molecule has 152 valence electrons. The number of benzene rings is 1. The fraction of sp³-hybridized carbons (Fsp3) is 0.550. The summed E-state index contributed by atoms with van der Waals surface area (Å²) in [6.45, 7) is 10.6. The number of nitrogens with one attached hydrogen (secondary N) is 1. The molecular formula is C20H29N5O2S. The molecule has 1 saturated heterocycles. The van der Waals surface area contributed by atoms with E-state index in [0.717, 1.165) is 61.6 Å². The number of anilines is 2. The maximum atomic E-state index is 12.4. The lowest BCUT2D eigenvalue weighted by molar-refractivity contribution is -0.113. The molecule has 0 radical (unpaired) electrons. The number of nitrogens with zero attached hydrogens (tertiary/aromatic N) is 4. The molecule has 0 unspecified atom stereocenters. The second-order valence-corrected chi connectivity index (χ2v) is 8.18. The van der Waals surface area contributed by atoms with Crippen LogP contribution in [0.5, 0.6) is 0 Å². The Labute approximate surface area is 170 Å². The Hall–Kier alpha value is -2.06. The molecule has 1 aromatic carbocycles. The second kappa shape index (κ2) is 9.93. The van der Waals surface area contributed by atoms with E-state index in [4.69, 9.17) is 4.74 Å². The zero-order valence-corrected chi connectivity index (χ0v) is 17.7. The van der Waals surface area contributed by atoms with Gasteiger partial charge < -0.3 is 19.5 Å². The monoisotopic (exact) mass is 403 g/mol. The van der Waals surface area contributed by atoms with Crippen molar-refractivity contribution in [2.24, 2.45) is 5.92 Å². The average molecular weight is 404 g/mol. The summed E-state index contributed by atoms with van der Waals surface area (Å²) in [6, 6.07) is 7.98. The zero-order valence-electron chi connectivity index (χ0n) is 16.9. The molecule has 1 N–H and O–H groups in total. The summed E-state index contributed by atoms with van der Waals surface area (Å²) in [4.78, 5) is 14.7. The van der Waals surface area contributed by atoms with Gasteiger partial charge in [0.15, 0.2) is 5.16 Å². The van der Waals surface area contributed by atoms with E-state index in [1.165, 1.54) is 11.8 Å². The number of carbonyl (C=O) groups excluding carboxylic acids is 1. The zero-order chi connectivity index (χ0) is 19.9. The maximum absolute atomic E-state index is 12.4. The fourth-order valence-electron chi connectivity index (χ4n) is 3.14. The standard InChI is InChI=1S/C20H29N5O2S/c1-4-18-22-23-20(25(18)13-15(2)3)28-14-19(26)21-16-5-7-17(8-6-16)24-9-11-27-12-10-24/h5-8,15H,4,9-14H2,1-3H3,(H,21,26). The van der Waals surface area contributed by atoms with Crippen LogP contribution in [0.4, 0.5) is 11.4 Å². The van der Waals surface area contributed by atoms with E-state index in [-0.39, 0.29) is 5.91 Å². The van der Waals surface area contributed by atoms with Gasteiger partial charge in [-0.15, -0.1) is 10.2 Å². The SMILES string of the molecule is CCc1nnc(SCC(=O)Nc2ccc(N3CCOCC3)cc2)n1CC(C)C. The normalized spacial score (nSPS) is 14.5. The predicted octanol–water partition coefficient (Wildman–Crippen LogP) is 3.06. The van der Waals surface area contributed by atoms with Crippen molar-refractivity contribution < 1.29 is 9.53 Å². The van der Waals surface area contributed by atoms with Gasteiger partial charge in [0.05, 0.1) is 19.0 Å². The minimum Gasteiger partial charge on any atom is -0.378 e. The van der Waals surface area contributed by atoms with Crippen LogP contribution in [0, 0.1) is 5.92 Å². The number of ether oxygens (including phenoxy) is 1. The maximum Gasteiger partial charge on any atom is 0.234 e. The van der Waals surface area contributed by atoms with Gasteiger partial charge in [-0.05, 0) is 30.2 Å². The average Bonchev–Trinajstić information content (AvgIpc) is 3.08. The van der Waals surface area contributed by atoms with Crippen LogP contribution in [0.3, 0.4) is 0 Å². The van der Waals surface area contributed by atoms with Crippen LogP contribution in [-0.2, 0) is 22.5 Å². The number of carbonyl (C=O) groups is 1. The third-order valence-electron chi connectivity index (χ3n) is 4.52. The molecule has 1 aliphatic heterocycles. The molecule has 8 heteroatoms. The highest BCUT2D eigenvalue weighted by Gasteiger charge is 2.15. The van der Waals surface area contributed by atoms with E-state index >= 15 is 0 Å². The first-order valence-corrected chi connectivity index (χ1v) is 10.8. The van der Waals surface area contributed by atoms with Crippen molar-refractivity contribution in [1.82, 2.24) is 14.8 Å². The summed E-state index contributed by atoms with van der Waals surface area (Å²) in [5.41, 5.74) is 1.96. The third-order valence-corrected chi connectivity index (χ3v) is 5.48. The van der Waals surface area contributed by atoms with Crippen LogP contribution in [0.1, 0.15) is 26.6 Å². The highest BCUT2D eigenvalue weighted by molar-refractivity contribution is 7.99. The topological polar surface area (TPSA) is 72.3 Å². The predicted molar refractivity (Wildman–Crippen MR) is 113 cm³/mol. The van der Waals surface area contributed by atoms with Crippen LogP contribution in [0.2, 0.25) is 0 Å². The van der Waals surface area contributed by atoms with E-state index in [1.54, 1.807) is 0 Å². The number of hydrogen-bond donors (Lipinski definition) is 1. The highest BCUT2D eigenvalue weighted by Crippen LogP contribution is 2.21. The number of rotatable bonds is 8. The Bertz CT molecular complexity index is 769. The molecule has 0 saturated carbocycles. The van der Waals surface area contributed by atoms with Crippen molar-refractivity contribution in [3.05, 3.63) is 30.1 Å². The first kappa shape index (κ1) is 20.7. The van der Waals surface area contributed by atoms with Crippen molar-refractivity contribution in [3.63, 3.8) is 0 Å². The number of thioether (sulfide) groups is 1. The Morgan fingerprint density at radius 1 is 1.21 bits per heavy atom. The molecule has 2 heterocycles. The molecule has 0 bridgehead atoms. The van der Waals surface area contributed by atoms with Gasteiger partial charge in [-0.2, -0.15) is 0 Å². The van der Waals surface area contributed by atoms with Crippen molar-refractivity contribution >= 4 is 29.0 Å². The molecule has 0 atom stereocenters. The summed E-state index contributed by atoms with van der Waals surface area (Å²) in [5.74, 6) is 1.74. The quantitative estimate of drug-likeness (QED) is 0.683. The molecule has 2 aromatic rings. The lowest BCUT2D eigenvalue weighted by Crippen LogP contribution is -2.36. The van der Waals surface area contributed by atoms with Crippen LogP contribution in [0.25, 0.3) is 0 Å². The van der Waals surface area contributed by atoms with E-state index in [0.29, 0.717) is 11.7 Å². The first-order valence-electron chi connectivity index (χ1n) is 9.84. The minimum atomic E-state index is -0.0405. The van der Waals surface area contributed by atoms with Crippen LogP contribution in [0.15, 0.2) is 29.4 Å². The summed E-state index contributed by atoms with van der Waals surface area (Å²) in [5, 5.41) is 12.3. The lowest BCUT2D eigenvalue weighted by Gasteiger charge is -2.28. The molecule has 3 rings (SSSR count). The number of hydrogen-bond acceptors (Lipinski definition) is 6. The van der Waals surface area contributed by atoms with Gasteiger partial charge >= 0.3 is 0 Å². The summed E-state index contributed by atoms with van der Waals surface area (Å²) < 4.78 is 7.51. The summed E-state index contributed by atoms with van der Waals surface area (Å²) in [6.07, 6.45) is 0.835. The molecule has 0 spiro atoms. The number of morpholine rings is 1. The van der Waals surface area contributed by atoms with Gasteiger partial charge in [-0.1, -0.05) is 32.5 Å². The third kappa shape index (κ3) is 5.48. The largest absolute Gasteiger partial charge is 0.378 e. The minimum absolute atomic E-state index is 0.0405. The molecule has 7 nitrogen and oxygen atoms in total. The molecule has 0 aliphatic carbocycles.